The highest BCUT2D eigenvalue weighted by Crippen LogP contribution is 2.42. The van der Waals surface area contributed by atoms with Gasteiger partial charge in [0, 0.05) is 18.9 Å². The van der Waals surface area contributed by atoms with Crippen LogP contribution in [0.25, 0.3) is 11.1 Å². The maximum Gasteiger partial charge on any atom is 0.292 e. The number of hydrogen-bond acceptors (Lipinski definition) is 5. The second-order valence-corrected chi connectivity index (χ2v) is 9.54. The Kier molecular flexibility index (Phi) is 8.86. The molecule has 192 valence electrons. The van der Waals surface area contributed by atoms with E-state index in [1.54, 1.807) is 12.1 Å². The van der Waals surface area contributed by atoms with Gasteiger partial charge in [0.15, 0.2) is 0 Å². The molecule has 0 spiro atoms. The second kappa shape index (κ2) is 11.8. The van der Waals surface area contributed by atoms with E-state index < -0.39 is 5.60 Å². The molecule has 0 aromatic heterocycles. The standard InChI is InChI=1S/C28H31FN2O.C2H4O2.H2/c1-20(24-12-8-9-13-25(24)29)31-26-30-19-18-28(4,27(2,3)32-26)23-16-14-22(15-17-23)21-10-6-5-7-11-21;1-4-2-3;/h5-17,20H,18-19H2,1-4H3,(H,30,31);2H,1H3;1H/t20-,28?;;/m0../s1. The number of nitrogens with zero attached hydrogens (tertiary/aromatic N) is 1. The number of methoxy groups -OCH3 is 1. The molecule has 1 aliphatic heterocycles. The average molecular weight is 493 g/mol. The van der Waals surface area contributed by atoms with Crippen molar-refractivity contribution in [2.75, 3.05) is 13.7 Å². The second-order valence-electron chi connectivity index (χ2n) is 9.54. The van der Waals surface area contributed by atoms with E-state index in [1.807, 2.05) is 19.1 Å². The highest BCUT2D eigenvalue weighted by Gasteiger charge is 2.46. The number of nitrogens with one attached hydrogen (secondary N) is 1. The predicted octanol–water partition coefficient (Wildman–Crippen LogP) is 6.69. The summed E-state index contributed by atoms with van der Waals surface area (Å²) in [5.74, 6) is -0.232. The highest BCUT2D eigenvalue weighted by molar-refractivity contribution is 5.75. The lowest BCUT2D eigenvalue weighted by Gasteiger charge is -2.43. The van der Waals surface area contributed by atoms with Gasteiger partial charge in [-0.25, -0.2) is 9.38 Å². The van der Waals surface area contributed by atoms with Crippen LogP contribution in [0.4, 0.5) is 4.39 Å². The number of ether oxygens (including phenoxy) is 2. The van der Waals surface area contributed by atoms with Gasteiger partial charge in [-0.05, 0) is 49.9 Å². The van der Waals surface area contributed by atoms with Crippen molar-refractivity contribution in [2.45, 2.75) is 51.2 Å². The Morgan fingerprint density at radius 2 is 1.58 bits per heavy atom. The molecule has 3 aromatic rings. The summed E-state index contributed by atoms with van der Waals surface area (Å²) in [6, 6.07) is 26.2. The summed E-state index contributed by atoms with van der Waals surface area (Å²) in [4.78, 5) is 13.6. The smallest absolute Gasteiger partial charge is 0.292 e. The van der Waals surface area contributed by atoms with Crippen LogP contribution >= 0.6 is 0 Å². The normalized spacial score (nSPS) is 19.3. The third-order valence-electron chi connectivity index (χ3n) is 6.98. The molecular weight excluding hydrogens is 455 g/mol. The summed E-state index contributed by atoms with van der Waals surface area (Å²) < 4.78 is 24.5. The van der Waals surface area contributed by atoms with Crippen LogP contribution < -0.4 is 5.32 Å². The van der Waals surface area contributed by atoms with Crippen molar-refractivity contribution in [3.8, 4) is 11.1 Å². The molecule has 36 heavy (non-hydrogen) atoms. The Bertz CT molecular complexity index is 1170. The Balaban J connectivity index is 0.000000898. The highest BCUT2D eigenvalue weighted by atomic mass is 19.1. The molecule has 3 aromatic carbocycles. The van der Waals surface area contributed by atoms with E-state index >= 15 is 0 Å². The average Bonchev–Trinajstić information content (AvgIpc) is 3.00. The van der Waals surface area contributed by atoms with E-state index in [0.717, 1.165) is 6.42 Å². The maximum absolute atomic E-state index is 14.2. The first kappa shape index (κ1) is 26.9. The van der Waals surface area contributed by atoms with Crippen LogP contribution in [0.2, 0.25) is 0 Å². The number of carbonyl (C=O) groups is 1. The molecule has 0 amide bonds. The number of benzene rings is 3. The lowest BCUT2D eigenvalue weighted by Crippen LogP contribution is -2.49. The Morgan fingerprint density at radius 1 is 1.00 bits per heavy atom. The molecule has 6 heteroatoms. The van der Waals surface area contributed by atoms with Crippen LogP contribution in [0.15, 0.2) is 83.9 Å². The minimum absolute atomic E-state index is 0. The molecule has 0 aliphatic carbocycles. The number of rotatable bonds is 5. The minimum atomic E-state index is -0.515. The number of halogens is 1. The fourth-order valence-electron chi connectivity index (χ4n) is 4.39. The van der Waals surface area contributed by atoms with Crippen LogP contribution in [0.3, 0.4) is 0 Å². The topological polar surface area (TPSA) is 59.9 Å². The van der Waals surface area contributed by atoms with Crippen molar-refractivity contribution in [3.05, 3.63) is 95.8 Å². The quantitative estimate of drug-likeness (QED) is 0.403. The lowest BCUT2D eigenvalue weighted by atomic mass is 9.68. The minimum Gasteiger partial charge on any atom is -0.471 e. The third-order valence-corrected chi connectivity index (χ3v) is 6.98. The zero-order valence-electron chi connectivity index (χ0n) is 21.6. The largest absolute Gasteiger partial charge is 0.471 e. The van der Waals surface area contributed by atoms with Gasteiger partial charge in [0.2, 0.25) is 0 Å². The first-order chi connectivity index (χ1) is 17.2. The van der Waals surface area contributed by atoms with Gasteiger partial charge in [0.25, 0.3) is 12.5 Å². The Labute approximate surface area is 214 Å². The SMILES string of the molecule is COC=O.C[C@H](NC1=NCCC(C)(c2ccc(-c3ccccc3)cc2)C(C)(C)O1)c1ccccc1F.[HH]. The van der Waals surface area contributed by atoms with Gasteiger partial charge in [-0.3, -0.25) is 4.79 Å². The van der Waals surface area contributed by atoms with Gasteiger partial charge in [-0.1, -0.05) is 79.7 Å². The monoisotopic (exact) mass is 492 g/mol. The molecule has 4 rings (SSSR count). The molecule has 0 fully saturated rings. The van der Waals surface area contributed by atoms with Gasteiger partial charge >= 0.3 is 0 Å². The molecule has 0 saturated heterocycles. The Hall–Kier alpha value is -3.67. The summed E-state index contributed by atoms with van der Waals surface area (Å²) >= 11 is 0. The molecule has 1 N–H and O–H groups in total. The van der Waals surface area contributed by atoms with Crippen LogP contribution in [-0.2, 0) is 19.7 Å². The molecule has 5 nitrogen and oxygen atoms in total. The zero-order valence-corrected chi connectivity index (χ0v) is 21.6. The summed E-state index contributed by atoms with van der Waals surface area (Å²) in [5.41, 5.74) is 3.47. The van der Waals surface area contributed by atoms with Crippen molar-refractivity contribution in [1.82, 2.24) is 5.32 Å². The number of amidine groups is 1. The van der Waals surface area contributed by atoms with E-state index in [4.69, 9.17) is 9.53 Å². The summed E-state index contributed by atoms with van der Waals surface area (Å²) in [7, 11) is 1.31. The molecule has 2 atom stereocenters. The van der Waals surface area contributed by atoms with Gasteiger partial charge in [0.1, 0.15) is 11.4 Å². The lowest BCUT2D eigenvalue weighted by molar-refractivity contribution is -0.126. The fraction of sp³-hybridized carbons (Fsp3) is 0.333. The van der Waals surface area contributed by atoms with Gasteiger partial charge in [0.05, 0.1) is 13.2 Å². The third kappa shape index (κ3) is 6.11. The molecule has 1 aliphatic rings. The molecule has 0 bridgehead atoms. The molecular formula is C30H37FN2O3. The van der Waals surface area contributed by atoms with Crippen molar-refractivity contribution in [3.63, 3.8) is 0 Å². The van der Waals surface area contributed by atoms with E-state index in [1.165, 1.54) is 29.9 Å². The number of aliphatic imine (C=N–C) groups is 1. The van der Waals surface area contributed by atoms with E-state index in [-0.39, 0.29) is 18.7 Å². The molecule has 0 radical (unpaired) electrons. The Morgan fingerprint density at radius 3 is 2.19 bits per heavy atom. The molecule has 0 saturated carbocycles. The van der Waals surface area contributed by atoms with Gasteiger partial charge in [-0.15, -0.1) is 0 Å². The van der Waals surface area contributed by atoms with Crippen molar-refractivity contribution in [2.24, 2.45) is 4.99 Å². The first-order valence-corrected chi connectivity index (χ1v) is 12.1. The predicted molar refractivity (Wildman–Crippen MR) is 144 cm³/mol. The fourth-order valence-corrected chi connectivity index (χ4v) is 4.39. The molecule has 1 heterocycles. The van der Waals surface area contributed by atoms with Crippen LogP contribution in [0.5, 0.6) is 0 Å². The van der Waals surface area contributed by atoms with Crippen molar-refractivity contribution in [1.29, 1.82) is 0 Å². The van der Waals surface area contributed by atoms with Crippen LogP contribution in [0, 0.1) is 5.82 Å². The van der Waals surface area contributed by atoms with Crippen molar-refractivity contribution >= 4 is 12.5 Å². The summed E-state index contributed by atoms with van der Waals surface area (Å²) in [5, 5.41) is 3.28. The van der Waals surface area contributed by atoms with Crippen LogP contribution in [-0.4, -0.2) is 31.7 Å². The zero-order chi connectivity index (χ0) is 26.2. The number of carbonyl (C=O) groups excluding carboxylic acids is 1. The van der Waals surface area contributed by atoms with Crippen LogP contribution in [0.1, 0.15) is 52.7 Å². The van der Waals surface area contributed by atoms with Gasteiger partial charge < -0.3 is 14.8 Å². The van der Waals surface area contributed by atoms with E-state index in [9.17, 15) is 4.39 Å². The number of hydrogen-bond donors (Lipinski definition) is 1. The van der Waals surface area contributed by atoms with Crippen molar-refractivity contribution < 1.29 is 20.1 Å². The maximum atomic E-state index is 14.2. The summed E-state index contributed by atoms with van der Waals surface area (Å²) in [6.07, 6.45) is 0.851. The first-order valence-electron chi connectivity index (χ1n) is 12.1. The summed E-state index contributed by atoms with van der Waals surface area (Å²) in [6.45, 7) is 9.38. The van der Waals surface area contributed by atoms with Gasteiger partial charge in [-0.2, -0.15) is 0 Å². The van der Waals surface area contributed by atoms with E-state index in [2.05, 4.69) is 84.3 Å². The molecule has 1 unspecified atom stereocenters. The van der Waals surface area contributed by atoms with E-state index in [0.29, 0.717) is 24.6 Å².